The highest BCUT2D eigenvalue weighted by molar-refractivity contribution is 9.10. The Kier molecular flexibility index (Phi) is 8.28. The Morgan fingerprint density at radius 1 is 1.19 bits per heavy atom. The van der Waals surface area contributed by atoms with Crippen LogP contribution in [0.2, 0.25) is 0 Å². The van der Waals surface area contributed by atoms with Crippen molar-refractivity contribution in [3.05, 3.63) is 63.5 Å². The molecule has 1 aliphatic rings. The van der Waals surface area contributed by atoms with Gasteiger partial charge in [-0.05, 0) is 84.0 Å². The first-order valence-corrected chi connectivity index (χ1v) is 12.4. The van der Waals surface area contributed by atoms with E-state index < -0.39 is 18.1 Å². The number of aromatic nitrogens is 3. The number of nitrogens with one attached hydrogen (secondary N) is 1. The van der Waals surface area contributed by atoms with Gasteiger partial charge in [-0.3, -0.25) is 9.67 Å². The molecule has 196 valence electrons. The van der Waals surface area contributed by atoms with E-state index in [1.165, 1.54) is 4.68 Å². The molecule has 2 aromatic heterocycles. The van der Waals surface area contributed by atoms with Crippen LogP contribution in [0.15, 0.2) is 41.1 Å². The summed E-state index contributed by atoms with van der Waals surface area (Å²) < 4.78 is 49.8. The lowest BCUT2D eigenvalue weighted by molar-refractivity contribution is -0.193. The van der Waals surface area contributed by atoms with Crippen molar-refractivity contribution in [3.8, 4) is 17.0 Å². The van der Waals surface area contributed by atoms with Gasteiger partial charge in [-0.15, -0.1) is 0 Å². The SMILES string of the molecule is COc1ccc(CCNCCCn2nc3c(c2C(=O)OC(=O)C(F)(F)F)CCc2cnccc2-3)cc1Br. The molecular formula is C25H24BrF3N4O4. The molecule has 0 saturated carbocycles. The number of methoxy groups -OCH3 is 1. The highest BCUT2D eigenvalue weighted by atomic mass is 79.9. The first-order valence-electron chi connectivity index (χ1n) is 11.6. The van der Waals surface area contributed by atoms with Gasteiger partial charge in [0, 0.05) is 30.1 Å². The third kappa shape index (κ3) is 6.19. The van der Waals surface area contributed by atoms with E-state index in [0.29, 0.717) is 43.6 Å². The molecule has 4 rings (SSSR count). The first kappa shape index (κ1) is 26.8. The maximum Gasteiger partial charge on any atom is 0.491 e. The second kappa shape index (κ2) is 11.4. The molecule has 0 unspecified atom stereocenters. The fourth-order valence-corrected chi connectivity index (χ4v) is 4.82. The van der Waals surface area contributed by atoms with Gasteiger partial charge < -0.3 is 14.8 Å². The smallest absolute Gasteiger partial charge is 0.491 e. The number of aryl methyl sites for hydroxylation is 2. The molecular weight excluding hydrogens is 557 g/mol. The van der Waals surface area contributed by atoms with Crippen molar-refractivity contribution in [3.63, 3.8) is 0 Å². The second-order valence-electron chi connectivity index (χ2n) is 8.43. The van der Waals surface area contributed by atoms with E-state index in [0.717, 1.165) is 33.3 Å². The number of halogens is 4. The number of pyridine rings is 1. The Hall–Kier alpha value is -3.25. The number of fused-ring (bicyclic) bond motifs is 3. The molecule has 0 radical (unpaired) electrons. The lowest BCUT2D eigenvalue weighted by Crippen LogP contribution is -2.29. The molecule has 37 heavy (non-hydrogen) atoms. The maximum atomic E-state index is 12.7. The van der Waals surface area contributed by atoms with E-state index in [2.05, 4.69) is 36.1 Å². The summed E-state index contributed by atoms with van der Waals surface area (Å²) in [6.45, 7) is 1.53. The molecule has 1 N–H and O–H groups in total. The quantitative estimate of drug-likeness (QED) is 0.229. The van der Waals surface area contributed by atoms with Gasteiger partial charge in [0.25, 0.3) is 0 Å². The van der Waals surface area contributed by atoms with E-state index >= 15 is 0 Å². The Bertz CT molecular complexity index is 1310. The van der Waals surface area contributed by atoms with Crippen molar-refractivity contribution < 1.29 is 32.2 Å². The van der Waals surface area contributed by atoms with E-state index in [1.54, 1.807) is 25.6 Å². The molecule has 0 saturated heterocycles. The maximum absolute atomic E-state index is 12.7. The van der Waals surface area contributed by atoms with Crippen LogP contribution in [0, 0.1) is 0 Å². The summed E-state index contributed by atoms with van der Waals surface area (Å²) in [5, 5.41) is 7.84. The van der Waals surface area contributed by atoms with Crippen LogP contribution in [0.25, 0.3) is 11.3 Å². The van der Waals surface area contributed by atoms with Gasteiger partial charge >= 0.3 is 18.1 Å². The van der Waals surface area contributed by atoms with Gasteiger partial charge in [-0.2, -0.15) is 18.3 Å². The van der Waals surface area contributed by atoms with Gasteiger partial charge in [0.1, 0.15) is 5.75 Å². The lowest BCUT2D eigenvalue weighted by atomic mass is 9.90. The number of nitrogens with zero attached hydrogens (tertiary/aromatic N) is 3. The van der Waals surface area contributed by atoms with Gasteiger partial charge in [-0.25, -0.2) is 9.59 Å². The predicted molar refractivity (Wildman–Crippen MR) is 131 cm³/mol. The van der Waals surface area contributed by atoms with E-state index in [4.69, 9.17) is 4.74 Å². The third-order valence-corrected chi connectivity index (χ3v) is 6.61. The van der Waals surface area contributed by atoms with Crippen LogP contribution in [0.1, 0.15) is 33.6 Å². The summed E-state index contributed by atoms with van der Waals surface area (Å²) in [7, 11) is 1.60. The second-order valence-corrected chi connectivity index (χ2v) is 9.28. The zero-order valence-corrected chi connectivity index (χ0v) is 21.5. The monoisotopic (exact) mass is 580 g/mol. The topological polar surface area (TPSA) is 95.3 Å². The fourth-order valence-electron chi connectivity index (χ4n) is 4.23. The van der Waals surface area contributed by atoms with Crippen molar-refractivity contribution >= 4 is 27.9 Å². The summed E-state index contributed by atoms with van der Waals surface area (Å²) in [4.78, 5) is 28.1. The summed E-state index contributed by atoms with van der Waals surface area (Å²) in [6, 6.07) is 7.60. The minimum Gasteiger partial charge on any atom is -0.496 e. The predicted octanol–water partition coefficient (Wildman–Crippen LogP) is 4.28. The number of benzene rings is 1. The Labute approximate surface area is 219 Å². The molecule has 0 atom stereocenters. The number of carbonyl (C=O) groups excluding carboxylic acids is 2. The fraction of sp³-hybridized carbons (Fsp3) is 0.360. The number of alkyl halides is 3. The van der Waals surface area contributed by atoms with Crippen LogP contribution in [0.5, 0.6) is 5.75 Å². The van der Waals surface area contributed by atoms with Gasteiger partial charge in [0.2, 0.25) is 0 Å². The number of hydrogen-bond donors (Lipinski definition) is 1. The summed E-state index contributed by atoms with van der Waals surface area (Å²) in [6.07, 6.45) is 0.246. The molecule has 0 spiro atoms. The zero-order chi connectivity index (χ0) is 26.6. The average molecular weight is 581 g/mol. The van der Waals surface area contributed by atoms with E-state index in [-0.39, 0.29) is 12.2 Å². The molecule has 12 heteroatoms. The van der Waals surface area contributed by atoms with Crippen LogP contribution in [-0.4, -0.2) is 53.1 Å². The van der Waals surface area contributed by atoms with E-state index in [1.807, 2.05) is 18.2 Å². The molecule has 0 bridgehead atoms. The number of rotatable bonds is 9. The molecule has 0 aliphatic heterocycles. The third-order valence-electron chi connectivity index (χ3n) is 5.99. The van der Waals surface area contributed by atoms with Crippen LogP contribution in [0.3, 0.4) is 0 Å². The van der Waals surface area contributed by atoms with Crippen molar-refractivity contribution in [1.29, 1.82) is 0 Å². The average Bonchev–Trinajstić information content (AvgIpc) is 3.24. The first-order chi connectivity index (χ1) is 17.7. The van der Waals surface area contributed by atoms with Crippen molar-refractivity contribution in [2.24, 2.45) is 0 Å². The molecule has 1 aromatic carbocycles. The van der Waals surface area contributed by atoms with Crippen LogP contribution >= 0.6 is 15.9 Å². The summed E-state index contributed by atoms with van der Waals surface area (Å²) in [5.74, 6) is -3.15. The molecule has 2 heterocycles. The Morgan fingerprint density at radius 3 is 2.73 bits per heavy atom. The standard InChI is InChI=1S/C25H24BrF3N4O4/c1-36-20-6-3-15(13-19(20)26)7-10-30-9-2-12-33-22(23(34)37-24(35)25(27,28)29)18-5-4-16-14-31-11-8-17(16)21(18)32-33/h3,6,8,11,13-14,30H,2,4-5,7,9-10,12H2,1H3. The minimum absolute atomic E-state index is 0.127. The van der Waals surface area contributed by atoms with Crippen molar-refractivity contribution in [1.82, 2.24) is 20.1 Å². The van der Waals surface area contributed by atoms with Gasteiger partial charge in [0.15, 0.2) is 5.69 Å². The lowest BCUT2D eigenvalue weighted by Gasteiger charge is -2.15. The molecule has 8 nitrogen and oxygen atoms in total. The Balaban J connectivity index is 1.43. The largest absolute Gasteiger partial charge is 0.496 e. The van der Waals surface area contributed by atoms with Crippen molar-refractivity contribution in [2.75, 3.05) is 20.2 Å². The van der Waals surface area contributed by atoms with Gasteiger partial charge in [0.05, 0.1) is 17.3 Å². The van der Waals surface area contributed by atoms with Gasteiger partial charge in [-0.1, -0.05) is 6.07 Å². The van der Waals surface area contributed by atoms with Crippen molar-refractivity contribution in [2.45, 2.75) is 38.4 Å². The number of esters is 2. The normalized spacial score (nSPS) is 12.6. The number of carbonyl (C=O) groups is 2. The molecule has 3 aromatic rings. The van der Waals surface area contributed by atoms with Crippen LogP contribution in [-0.2, 0) is 35.3 Å². The number of ether oxygens (including phenoxy) is 2. The highest BCUT2D eigenvalue weighted by Crippen LogP contribution is 2.34. The Morgan fingerprint density at radius 2 is 2.00 bits per heavy atom. The highest BCUT2D eigenvalue weighted by Gasteiger charge is 2.43. The summed E-state index contributed by atoms with van der Waals surface area (Å²) in [5.41, 5.74) is 3.64. The van der Waals surface area contributed by atoms with Crippen LogP contribution in [0.4, 0.5) is 13.2 Å². The molecule has 1 aliphatic carbocycles. The molecule has 0 amide bonds. The van der Waals surface area contributed by atoms with E-state index in [9.17, 15) is 22.8 Å². The minimum atomic E-state index is -5.28. The number of hydrogen-bond acceptors (Lipinski definition) is 7. The molecule has 0 fully saturated rings. The van der Waals surface area contributed by atoms with Crippen LogP contribution < -0.4 is 10.1 Å². The zero-order valence-electron chi connectivity index (χ0n) is 19.9. The summed E-state index contributed by atoms with van der Waals surface area (Å²) >= 11 is 3.47.